The van der Waals surface area contributed by atoms with Crippen molar-refractivity contribution in [3.63, 3.8) is 0 Å². The van der Waals surface area contributed by atoms with Gasteiger partial charge in [-0.05, 0) is 56.6 Å². The lowest BCUT2D eigenvalue weighted by Crippen LogP contribution is -2.32. The first kappa shape index (κ1) is 13.6. The summed E-state index contributed by atoms with van der Waals surface area (Å²) < 4.78 is 0. The summed E-state index contributed by atoms with van der Waals surface area (Å²) in [5, 5.41) is 10.9. The smallest absolute Gasteiger partial charge is 0.0899 e. The van der Waals surface area contributed by atoms with E-state index in [4.69, 9.17) is 0 Å². The molecule has 2 rings (SSSR count). The zero-order chi connectivity index (χ0) is 13.2. The molecule has 1 fully saturated rings. The van der Waals surface area contributed by atoms with Crippen LogP contribution in [0.25, 0.3) is 0 Å². The van der Waals surface area contributed by atoms with Gasteiger partial charge in [-0.25, -0.2) is 0 Å². The van der Waals surface area contributed by atoms with Crippen LogP contribution in [0.15, 0.2) is 18.2 Å². The largest absolute Gasteiger partial charge is 0.385 e. The Hall–Kier alpha value is -0.820. The quantitative estimate of drug-likeness (QED) is 0.833. The van der Waals surface area contributed by atoms with Crippen LogP contribution in [0.1, 0.15) is 62.1 Å². The minimum absolute atomic E-state index is 0.567. The van der Waals surface area contributed by atoms with Gasteiger partial charge in [0.05, 0.1) is 5.60 Å². The van der Waals surface area contributed by atoms with Crippen LogP contribution in [0.2, 0.25) is 0 Å². The molecule has 0 radical (unpaired) electrons. The minimum Gasteiger partial charge on any atom is -0.385 e. The summed E-state index contributed by atoms with van der Waals surface area (Å²) in [4.78, 5) is 0. The summed E-state index contributed by atoms with van der Waals surface area (Å²) in [5.74, 6) is 0.834. The third-order valence-corrected chi connectivity index (χ3v) is 4.51. The van der Waals surface area contributed by atoms with Crippen molar-refractivity contribution < 1.29 is 5.11 Å². The van der Waals surface area contributed by atoms with Crippen molar-refractivity contribution in [1.29, 1.82) is 0 Å². The SMILES string of the molecule is CCCC1CCC(O)(c2ccc(C)cc2C)CC1. The zero-order valence-corrected chi connectivity index (χ0v) is 12.0. The summed E-state index contributed by atoms with van der Waals surface area (Å²) in [6.07, 6.45) is 6.81. The van der Waals surface area contributed by atoms with Gasteiger partial charge in [0.2, 0.25) is 0 Å². The third kappa shape index (κ3) is 2.77. The average Bonchev–Trinajstić information content (AvgIpc) is 2.32. The maximum atomic E-state index is 10.9. The van der Waals surface area contributed by atoms with Crippen LogP contribution in [0.5, 0.6) is 0 Å². The van der Waals surface area contributed by atoms with E-state index in [1.54, 1.807) is 0 Å². The average molecular weight is 246 g/mol. The summed E-state index contributed by atoms with van der Waals surface area (Å²) in [7, 11) is 0. The van der Waals surface area contributed by atoms with Crippen molar-refractivity contribution in [3.8, 4) is 0 Å². The van der Waals surface area contributed by atoms with Crippen molar-refractivity contribution in [1.82, 2.24) is 0 Å². The van der Waals surface area contributed by atoms with Gasteiger partial charge in [-0.2, -0.15) is 0 Å². The van der Waals surface area contributed by atoms with E-state index in [1.807, 2.05) is 0 Å². The first-order valence-corrected chi connectivity index (χ1v) is 7.35. The molecule has 1 aromatic rings. The second kappa shape index (κ2) is 5.44. The Kier molecular flexibility index (Phi) is 4.11. The fourth-order valence-corrected chi connectivity index (χ4v) is 3.46. The highest BCUT2D eigenvalue weighted by Crippen LogP contribution is 2.41. The number of aryl methyl sites for hydroxylation is 2. The van der Waals surface area contributed by atoms with E-state index < -0.39 is 5.60 Å². The molecular formula is C17H26O. The molecule has 0 spiro atoms. The molecule has 100 valence electrons. The molecule has 1 N–H and O–H groups in total. The molecule has 0 atom stereocenters. The first-order valence-electron chi connectivity index (χ1n) is 7.35. The highest BCUT2D eigenvalue weighted by molar-refractivity contribution is 5.35. The predicted octanol–water partition coefficient (Wildman–Crippen LogP) is 4.48. The lowest BCUT2D eigenvalue weighted by molar-refractivity contribution is -0.0157. The van der Waals surface area contributed by atoms with Gasteiger partial charge >= 0.3 is 0 Å². The van der Waals surface area contributed by atoms with Gasteiger partial charge in [-0.3, -0.25) is 0 Å². The van der Waals surface area contributed by atoms with Crippen LogP contribution in [0.3, 0.4) is 0 Å². The molecule has 1 saturated carbocycles. The lowest BCUT2D eigenvalue weighted by Gasteiger charge is -2.37. The van der Waals surface area contributed by atoms with Crippen molar-refractivity contribution in [2.24, 2.45) is 5.92 Å². The molecule has 1 nitrogen and oxygen atoms in total. The summed E-state index contributed by atoms with van der Waals surface area (Å²) in [6, 6.07) is 6.44. The Morgan fingerprint density at radius 1 is 1.22 bits per heavy atom. The number of rotatable bonds is 3. The van der Waals surface area contributed by atoms with Gasteiger partial charge in [-0.1, -0.05) is 43.5 Å². The number of hydrogen-bond donors (Lipinski definition) is 1. The zero-order valence-electron chi connectivity index (χ0n) is 12.0. The summed E-state index contributed by atoms with van der Waals surface area (Å²) >= 11 is 0. The van der Waals surface area contributed by atoms with Gasteiger partial charge in [0, 0.05) is 0 Å². The molecule has 0 aliphatic heterocycles. The Balaban J connectivity index is 2.13. The number of hydrogen-bond acceptors (Lipinski definition) is 1. The van der Waals surface area contributed by atoms with Crippen molar-refractivity contribution >= 4 is 0 Å². The fourth-order valence-electron chi connectivity index (χ4n) is 3.46. The van der Waals surface area contributed by atoms with E-state index in [1.165, 1.54) is 36.8 Å². The van der Waals surface area contributed by atoms with E-state index in [2.05, 4.69) is 39.0 Å². The van der Waals surface area contributed by atoms with Crippen LogP contribution < -0.4 is 0 Å². The molecule has 0 amide bonds. The highest BCUT2D eigenvalue weighted by Gasteiger charge is 2.35. The summed E-state index contributed by atoms with van der Waals surface area (Å²) in [5.41, 5.74) is 3.11. The maximum Gasteiger partial charge on any atom is 0.0899 e. The lowest BCUT2D eigenvalue weighted by atomic mass is 9.73. The van der Waals surface area contributed by atoms with Crippen molar-refractivity contribution in [2.45, 2.75) is 64.9 Å². The number of aliphatic hydroxyl groups is 1. The molecule has 0 heterocycles. The molecule has 0 unspecified atom stereocenters. The molecule has 18 heavy (non-hydrogen) atoms. The molecule has 0 aromatic heterocycles. The molecule has 1 heteroatoms. The second-order valence-corrected chi connectivity index (χ2v) is 6.08. The standard InChI is InChI=1S/C17H26O/c1-4-5-15-8-10-17(18,11-9-15)16-7-6-13(2)12-14(16)3/h6-7,12,15,18H,4-5,8-11H2,1-3H3. The van der Waals surface area contributed by atoms with Crippen LogP contribution >= 0.6 is 0 Å². The predicted molar refractivity (Wildman–Crippen MR) is 76.7 cm³/mol. The van der Waals surface area contributed by atoms with E-state index >= 15 is 0 Å². The Bertz CT molecular complexity index is 400. The van der Waals surface area contributed by atoms with Gasteiger partial charge in [0.1, 0.15) is 0 Å². The third-order valence-electron chi connectivity index (χ3n) is 4.51. The fraction of sp³-hybridized carbons (Fsp3) is 0.647. The molecule has 1 aliphatic rings. The Morgan fingerprint density at radius 2 is 1.89 bits per heavy atom. The highest BCUT2D eigenvalue weighted by atomic mass is 16.3. The Labute approximate surface area is 111 Å². The van der Waals surface area contributed by atoms with Crippen molar-refractivity contribution in [2.75, 3.05) is 0 Å². The van der Waals surface area contributed by atoms with E-state index in [0.29, 0.717) is 0 Å². The van der Waals surface area contributed by atoms with E-state index in [0.717, 1.165) is 24.3 Å². The molecule has 1 aliphatic carbocycles. The van der Waals surface area contributed by atoms with Gasteiger partial charge in [0.15, 0.2) is 0 Å². The van der Waals surface area contributed by atoms with Crippen LogP contribution in [-0.4, -0.2) is 5.11 Å². The van der Waals surface area contributed by atoms with Crippen LogP contribution in [-0.2, 0) is 5.60 Å². The maximum absolute atomic E-state index is 10.9. The molecule has 0 bridgehead atoms. The monoisotopic (exact) mass is 246 g/mol. The topological polar surface area (TPSA) is 20.2 Å². The van der Waals surface area contributed by atoms with Gasteiger partial charge in [-0.15, -0.1) is 0 Å². The summed E-state index contributed by atoms with van der Waals surface area (Å²) in [6.45, 7) is 6.49. The van der Waals surface area contributed by atoms with Crippen LogP contribution in [0.4, 0.5) is 0 Å². The number of benzene rings is 1. The first-order chi connectivity index (χ1) is 8.55. The normalized spacial score (nSPS) is 28.3. The van der Waals surface area contributed by atoms with Gasteiger partial charge < -0.3 is 5.11 Å². The molecule has 0 saturated heterocycles. The van der Waals surface area contributed by atoms with Gasteiger partial charge in [0.25, 0.3) is 0 Å². The minimum atomic E-state index is -0.567. The van der Waals surface area contributed by atoms with E-state index in [9.17, 15) is 5.11 Å². The molecule has 1 aromatic carbocycles. The van der Waals surface area contributed by atoms with Crippen LogP contribution in [0, 0.1) is 19.8 Å². The Morgan fingerprint density at radius 3 is 2.44 bits per heavy atom. The molecular weight excluding hydrogens is 220 g/mol. The van der Waals surface area contributed by atoms with E-state index in [-0.39, 0.29) is 0 Å². The van der Waals surface area contributed by atoms with Crippen molar-refractivity contribution in [3.05, 3.63) is 34.9 Å². The second-order valence-electron chi connectivity index (χ2n) is 6.08.